The molecule has 0 bridgehead atoms. The lowest BCUT2D eigenvalue weighted by atomic mass is 10.1. The maximum absolute atomic E-state index is 13.7. The van der Waals surface area contributed by atoms with Gasteiger partial charge in [-0.3, -0.25) is 14.6 Å². The minimum atomic E-state index is -4.94. The molecule has 3 amide bonds. The predicted molar refractivity (Wildman–Crippen MR) is 132 cm³/mol. The Morgan fingerprint density at radius 1 is 0.897 bits per heavy atom. The minimum absolute atomic E-state index is 0.158. The molecule has 0 aliphatic rings. The van der Waals surface area contributed by atoms with E-state index in [4.69, 9.17) is 4.74 Å². The zero-order valence-corrected chi connectivity index (χ0v) is 19.9. The molecule has 2 aromatic heterocycles. The summed E-state index contributed by atoms with van der Waals surface area (Å²) in [7, 11) is 1.47. The SMILES string of the molecule is CNC(=O)c1cc(Oc2ccc(NC(=O)Nc3ccc(-n4nc(F)ccc4=O)c(C(F)(F)F)c3)cc2)ccn1. The molecule has 0 saturated heterocycles. The molecule has 4 aromatic rings. The van der Waals surface area contributed by atoms with Gasteiger partial charge < -0.3 is 20.7 Å². The van der Waals surface area contributed by atoms with Crippen molar-refractivity contribution in [3.05, 3.63) is 100 Å². The second-order valence-electron chi connectivity index (χ2n) is 7.80. The summed E-state index contributed by atoms with van der Waals surface area (Å²) in [5, 5.41) is 10.4. The first-order chi connectivity index (χ1) is 18.5. The van der Waals surface area contributed by atoms with Crippen molar-refractivity contribution in [2.75, 3.05) is 17.7 Å². The number of pyridine rings is 1. The van der Waals surface area contributed by atoms with E-state index in [1.807, 2.05) is 0 Å². The van der Waals surface area contributed by atoms with Crippen molar-refractivity contribution in [3.8, 4) is 17.2 Å². The van der Waals surface area contributed by atoms with E-state index in [0.29, 0.717) is 23.3 Å². The summed E-state index contributed by atoms with van der Waals surface area (Å²) in [4.78, 5) is 40.0. The first-order valence-electron chi connectivity index (χ1n) is 11.0. The maximum atomic E-state index is 13.7. The first-order valence-corrected chi connectivity index (χ1v) is 11.0. The Morgan fingerprint density at radius 2 is 1.59 bits per heavy atom. The average Bonchev–Trinajstić information content (AvgIpc) is 2.90. The maximum Gasteiger partial charge on any atom is 0.418 e. The van der Waals surface area contributed by atoms with Crippen LogP contribution in [0.15, 0.2) is 77.7 Å². The Hall–Kier alpha value is -5.27. The fourth-order valence-corrected chi connectivity index (χ4v) is 3.35. The third-order valence-corrected chi connectivity index (χ3v) is 5.09. The molecule has 200 valence electrons. The van der Waals surface area contributed by atoms with Crippen LogP contribution in [0.1, 0.15) is 16.1 Å². The van der Waals surface area contributed by atoms with Gasteiger partial charge in [0, 0.05) is 42.8 Å². The summed E-state index contributed by atoms with van der Waals surface area (Å²) in [6, 6.07) is 12.3. The van der Waals surface area contributed by atoms with Crippen LogP contribution < -0.4 is 26.2 Å². The van der Waals surface area contributed by atoms with Gasteiger partial charge in [0.05, 0.1) is 11.3 Å². The van der Waals surface area contributed by atoms with E-state index in [9.17, 15) is 31.9 Å². The molecule has 0 atom stereocenters. The molecule has 0 saturated carbocycles. The Balaban J connectivity index is 1.46. The van der Waals surface area contributed by atoms with E-state index in [1.54, 1.807) is 6.07 Å². The molecule has 14 heteroatoms. The molecule has 2 heterocycles. The smallest absolute Gasteiger partial charge is 0.418 e. The van der Waals surface area contributed by atoms with Crippen LogP contribution in [0.5, 0.6) is 11.5 Å². The highest BCUT2D eigenvalue weighted by atomic mass is 19.4. The fourth-order valence-electron chi connectivity index (χ4n) is 3.35. The van der Waals surface area contributed by atoms with Gasteiger partial charge in [0.25, 0.3) is 11.5 Å². The summed E-state index contributed by atoms with van der Waals surface area (Å²) in [6.45, 7) is 0. The highest BCUT2D eigenvalue weighted by Crippen LogP contribution is 2.35. The highest BCUT2D eigenvalue weighted by Gasteiger charge is 2.35. The first kappa shape index (κ1) is 26.8. The van der Waals surface area contributed by atoms with Crippen LogP contribution in [0.25, 0.3) is 5.69 Å². The molecular weight excluding hydrogens is 524 g/mol. The normalized spacial score (nSPS) is 11.0. The third-order valence-electron chi connectivity index (χ3n) is 5.09. The van der Waals surface area contributed by atoms with Gasteiger partial charge in [0.1, 0.15) is 17.2 Å². The number of halogens is 4. The van der Waals surface area contributed by atoms with Gasteiger partial charge in [-0.05, 0) is 48.5 Å². The van der Waals surface area contributed by atoms with Gasteiger partial charge in [-0.15, -0.1) is 5.10 Å². The van der Waals surface area contributed by atoms with Gasteiger partial charge in [-0.25, -0.2) is 4.79 Å². The fraction of sp³-hybridized carbons (Fsp3) is 0.0800. The summed E-state index contributed by atoms with van der Waals surface area (Å²) in [5.74, 6) is -0.805. The summed E-state index contributed by atoms with van der Waals surface area (Å²) in [5.41, 5.74) is -2.76. The van der Waals surface area contributed by atoms with E-state index in [2.05, 4.69) is 26.0 Å². The number of urea groups is 1. The Bertz CT molecular complexity index is 1590. The molecule has 0 spiro atoms. The summed E-state index contributed by atoms with van der Waals surface area (Å²) < 4.78 is 60.5. The average molecular weight is 542 g/mol. The molecule has 0 aliphatic carbocycles. The number of nitrogens with one attached hydrogen (secondary N) is 3. The van der Waals surface area contributed by atoms with Crippen molar-refractivity contribution in [2.24, 2.45) is 0 Å². The number of hydrogen-bond acceptors (Lipinski definition) is 6. The molecule has 4 rings (SSSR count). The Kier molecular flexibility index (Phi) is 7.56. The minimum Gasteiger partial charge on any atom is -0.457 e. The van der Waals surface area contributed by atoms with Gasteiger partial charge in [-0.2, -0.15) is 22.2 Å². The number of alkyl halides is 3. The number of aromatic nitrogens is 3. The number of anilines is 2. The lowest BCUT2D eigenvalue weighted by Gasteiger charge is -2.16. The number of nitrogens with zero attached hydrogens (tertiary/aromatic N) is 3. The number of carbonyl (C=O) groups excluding carboxylic acids is 2. The molecule has 39 heavy (non-hydrogen) atoms. The van der Waals surface area contributed by atoms with Gasteiger partial charge >= 0.3 is 12.2 Å². The lowest BCUT2D eigenvalue weighted by Crippen LogP contribution is -2.25. The molecule has 10 nitrogen and oxygen atoms in total. The van der Waals surface area contributed by atoms with Gasteiger partial charge in [0.15, 0.2) is 0 Å². The van der Waals surface area contributed by atoms with Crippen molar-refractivity contribution >= 4 is 23.3 Å². The molecular formula is C25H18F4N6O4. The molecule has 2 aromatic carbocycles. The zero-order chi connectivity index (χ0) is 28.2. The van der Waals surface area contributed by atoms with Crippen molar-refractivity contribution < 1.29 is 31.9 Å². The van der Waals surface area contributed by atoms with Crippen LogP contribution >= 0.6 is 0 Å². The highest BCUT2D eigenvalue weighted by molar-refractivity contribution is 6.00. The summed E-state index contributed by atoms with van der Waals surface area (Å²) in [6.07, 6.45) is -3.54. The second kappa shape index (κ2) is 11.0. The van der Waals surface area contributed by atoms with Crippen molar-refractivity contribution in [3.63, 3.8) is 0 Å². The lowest BCUT2D eigenvalue weighted by molar-refractivity contribution is -0.137. The van der Waals surface area contributed by atoms with Crippen LogP contribution in [0, 0.1) is 5.95 Å². The van der Waals surface area contributed by atoms with Crippen LogP contribution in [0.4, 0.5) is 33.7 Å². The van der Waals surface area contributed by atoms with E-state index in [1.165, 1.54) is 43.6 Å². The molecule has 0 fully saturated rings. The quantitative estimate of drug-likeness (QED) is 0.306. The van der Waals surface area contributed by atoms with Crippen LogP contribution in [-0.2, 0) is 6.18 Å². The molecule has 3 N–H and O–H groups in total. The second-order valence-corrected chi connectivity index (χ2v) is 7.80. The standard InChI is InChI=1S/C25H18F4N6O4/c1-30-23(37)19-13-17(10-11-31-19)39-16-5-2-14(3-6-16)32-24(38)33-15-4-7-20(18(12-15)25(27,28)29)35-22(36)9-8-21(26)34-35/h2-13H,1H3,(H,30,37)(H2,32,33,38). The third kappa shape index (κ3) is 6.54. The molecule has 0 aliphatic heterocycles. The van der Waals surface area contributed by atoms with E-state index < -0.39 is 35.0 Å². The summed E-state index contributed by atoms with van der Waals surface area (Å²) >= 11 is 0. The predicted octanol–water partition coefficient (Wildman–Crippen LogP) is 4.58. The van der Waals surface area contributed by atoms with Crippen LogP contribution in [-0.4, -0.2) is 33.8 Å². The zero-order valence-electron chi connectivity index (χ0n) is 19.9. The van der Waals surface area contributed by atoms with Crippen LogP contribution in [0.3, 0.4) is 0 Å². The van der Waals surface area contributed by atoms with Crippen molar-refractivity contribution in [1.82, 2.24) is 20.1 Å². The van der Waals surface area contributed by atoms with E-state index >= 15 is 0 Å². The van der Waals surface area contributed by atoms with Crippen LogP contribution in [0.2, 0.25) is 0 Å². The monoisotopic (exact) mass is 542 g/mol. The number of carbonyl (C=O) groups is 2. The topological polar surface area (TPSA) is 127 Å². The van der Waals surface area contributed by atoms with E-state index in [0.717, 1.165) is 24.3 Å². The Labute approximate surface area is 217 Å². The van der Waals surface area contributed by atoms with E-state index in [-0.39, 0.29) is 22.0 Å². The number of hydrogen-bond donors (Lipinski definition) is 3. The Morgan fingerprint density at radius 3 is 2.28 bits per heavy atom. The number of ether oxygens (including phenoxy) is 1. The number of rotatable bonds is 6. The van der Waals surface area contributed by atoms with Crippen molar-refractivity contribution in [2.45, 2.75) is 6.18 Å². The van der Waals surface area contributed by atoms with Gasteiger partial charge in [-0.1, -0.05) is 0 Å². The number of benzene rings is 2. The van der Waals surface area contributed by atoms with Crippen molar-refractivity contribution in [1.29, 1.82) is 0 Å². The largest absolute Gasteiger partial charge is 0.457 e. The molecule has 0 unspecified atom stereocenters. The molecule has 0 radical (unpaired) electrons. The van der Waals surface area contributed by atoms with Gasteiger partial charge in [0.2, 0.25) is 5.95 Å². The number of amides is 3.